The molecule has 0 amide bonds. The van der Waals surface area contributed by atoms with Crippen LogP contribution in [0.25, 0.3) is 22.2 Å². The predicted octanol–water partition coefficient (Wildman–Crippen LogP) is 3.12. The normalized spacial score (nSPS) is 14.3. The van der Waals surface area contributed by atoms with E-state index >= 15 is 0 Å². The quantitative estimate of drug-likeness (QED) is 0.716. The molecule has 98 valence electrons. The fourth-order valence-electron chi connectivity index (χ4n) is 2.74. The van der Waals surface area contributed by atoms with E-state index in [4.69, 9.17) is 0 Å². The van der Waals surface area contributed by atoms with Crippen molar-refractivity contribution in [2.75, 3.05) is 13.1 Å². The molecule has 1 N–H and O–H groups in total. The zero-order chi connectivity index (χ0) is 13.4. The van der Waals surface area contributed by atoms with E-state index in [9.17, 15) is 0 Å². The fourth-order valence-corrected chi connectivity index (χ4v) is 2.74. The van der Waals surface area contributed by atoms with Crippen molar-refractivity contribution in [3.05, 3.63) is 60.7 Å². The number of nitrogens with one attached hydrogen (secondary N) is 1. The molecule has 2 aromatic carbocycles. The first kappa shape index (κ1) is 11.3. The van der Waals surface area contributed by atoms with E-state index in [1.807, 2.05) is 6.07 Å². The number of hydrogen-bond acceptors (Lipinski definition) is 2. The maximum absolute atomic E-state index is 4.58. The van der Waals surface area contributed by atoms with Crippen LogP contribution in [0.15, 0.2) is 65.7 Å². The number of fused-ring (bicyclic) bond motifs is 1. The molecule has 0 fully saturated rings. The number of rotatable bonds is 1. The van der Waals surface area contributed by atoms with Crippen LogP contribution >= 0.6 is 0 Å². The first-order chi connectivity index (χ1) is 9.93. The second kappa shape index (κ2) is 4.53. The summed E-state index contributed by atoms with van der Waals surface area (Å²) in [6, 6.07) is 21.1. The monoisotopic (exact) mass is 261 g/mol. The molecule has 2 heterocycles. The summed E-state index contributed by atoms with van der Waals surface area (Å²) in [6.07, 6.45) is 0. The molecule has 0 saturated heterocycles. The highest BCUT2D eigenvalue weighted by molar-refractivity contribution is 6.00. The molecule has 20 heavy (non-hydrogen) atoms. The van der Waals surface area contributed by atoms with Crippen molar-refractivity contribution in [1.82, 2.24) is 9.88 Å². The Bertz CT molecular complexity index is 784. The van der Waals surface area contributed by atoms with Crippen molar-refractivity contribution in [3.8, 4) is 11.3 Å². The lowest BCUT2D eigenvalue weighted by Gasteiger charge is -2.11. The first-order valence-electron chi connectivity index (χ1n) is 6.88. The molecule has 0 atom stereocenters. The highest BCUT2D eigenvalue weighted by Crippen LogP contribution is 2.28. The molecule has 0 radical (unpaired) electrons. The van der Waals surface area contributed by atoms with Gasteiger partial charge in [0.25, 0.3) is 0 Å². The zero-order valence-electron chi connectivity index (χ0n) is 11.1. The van der Waals surface area contributed by atoms with E-state index in [2.05, 4.69) is 69.5 Å². The van der Waals surface area contributed by atoms with E-state index in [1.165, 1.54) is 22.2 Å². The van der Waals surface area contributed by atoms with Crippen LogP contribution in [0.1, 0.15) is 0 Å². The van der Waals surface area contributed by atoms with Gasteiger partial charge in [0.05, 0.1) is 17.8 Å². The summed E-state index contributed by atoms with van der Waals surface area (Å²) in [5, 5.41) is 4.61. The average Bonchev–Trinajstić information content (AvgIpc) is 3.14. The van der Waals surface area contributed by atoms with E-state index < -0.39 is 0 Å². The standard InChI is InChI=1S/C17H15N3/c1-2-6-13(7-3-1)16-12-14-8-4-5-9-15(14)20(16)17-18-10-11-19-17/h1-9,12H,10-11H2,(H,18,19). The highest BCUT2D eigenvalue weighted by Gasteiger charge is 2.16. The molecule has 3 nitrogen and oxygen atoms in total. The summed E-state index contributed by atoms with van der Waals surface area (Å²) in [5.41, 5.74) is 3.58. The highest BCUT2D eigenvalue weighted by atomic mass is 15.3. The minimum atomic E-state index is 0.843. The maximum Gasteiger partial charge on any atom is 0.203 e. The van der Waals surface area contributed by atoms with E-state index in [-0.39, 0.29) is 0 Å². The molecule has 1 aliphatic heterocycles. The Balaban J connectivity index is 2.02. The number of nitrogens with zero attached hydrogens (tertiary/aromatic N) is 2. The molecule has 0 bridgehead atoms. The van der Waals surface area contributed by atoms with Gasteiger partial charge >= 0.3 is 0 Å². The van der Waals surface area contributed by atoms with Gasteiger partial charge in [-0.25, -0.2) is 0 Å². The average molecular weight is 261 g/mol. The molecule has 3 aromatic rings. The minimum Gasteiger partial charge on any atom is -0.354 e. The molecule has 0 saturated carbocycles. The summed E-state index contributed by atoms with van der Waals surface area (Å²) >= 11 is 0. The van der Waals surface area contributed by atoms with Crippen molar-refractivity contribution in [2.45, 2.75) is 0 Å². The lowest BCUT2D eigenvalue weighted by atomic mass is 10.1. The molecule has 4 rings (SSSR count). The number of aliphatic imine (C=N–C) groups is 1. The van der Waals surface area contributed by atoms with E-state index in [1.54, 1.807) is 0 Å². The van der Waals surface area contributed by atoms with Crippen molar-refractivity contribution >= 4 is 16.9 Å². The Hall–Kier alpha value is -2.55. The summed E-state index contributed by atoms with van der Waals surface area (Å²) in [4.78, 5) is 4.58. The second-order valence-corrected chi connectivity index (χ2v) is 4.92. The van der Waals surface area contributed by atoms with Gasteiger partial charge in [-0.15, -0.1) is 0 Å². The maximum atomic E-state index is 4.58. The third-order valence-electron chi connectivity index (χ3n) is 3.65. The SMILES string of the molecule is c1ccc(-c2cc3ccccc3n2C2=NCCN2)cc1. The molecule has 1 aliphatic rings. The third kappa shape index (κ3) is 1.71. The molecular formula is C17H15N3. The smallest absolute Gasteiger partial charge is 0.203 e. The van der Waals surface area contributed by atoms with Crippen LogP contribution < -0.4 is 5.32 Å². The van der Waals surface area contributed by atoms with E-state index in [0.29, 0.717) is 0 Å². The fraction of sp³-hybridized carbons (Fsp3) is 0.118. The Morgan fingerprint density at radius 1 is 0.950 bits per heavy atom. The third-order valence-corrected chi connectivity index (χ3v) is 3.65. The van der Waals surface area contributed by atoms with Crippen LogP contribution in [-0.2, 0) is 0 Å². The van der Waals surface area contributed by atoms with Gasteiger partial charge in [-0.05, 0) is 17.7 Å². The summed E-state index contributed by atoms with van der Waals surface area (Å²) in [5.74, 6) is 0.949. The van der Waals surface area contributed by atoms with Gasteiger partial charge in [0, 0.05) is 11.9 Å². The van der Waals surface area contributed by atoms with Gasteiger partial charge in [0.15, 0.2) is 0 Å². The molecule has 0 aliphatic carbocycles. The Kier molecular flexibility index (Phi) is 2.56. The zero-order valence-corrected chi connectivity index (χ0v) is 11.1. The minimum absolute atomic E-state index is 0.843. The van der Waals surface area contributed by atoms with Crippen molar-refractivity contribution in [2.24, 2.45) is 4.99 Å². The Morgan fingerprint density at radius 2 is 1.75 bits per heavy atom. The lowest BCUT2D eigenvalue weighted by molar-refractivity contribution is 0.945. The summed E-state index contributed by atoms with van der Waals surface area (Å²) in [6.45, 7) is 1.76. The van der Waals surface area contributed by atoms with Gasteiger partial charge in [-0.2, -0.15) is 0 Å². The second-order valence-electron chi connectivity index (χ2n) is 4.92. The molecule has 3 heteroatoms. The summed E-state index contributed by atoms with van der Waals surface area (Å²) < 4.78 is 2.22. The van der Waals surface area contributed by atoms with Crippen LogP contribution in [0.3, 0.4) is 0 Å². The lowest BCUT2D eigenvalue weighted by Crippen LogP contribution is -2.26. The van der Waals surface area contributed by atoms with Crippen LogP contribution in [0.4, 0.5) is 0 Å². The Morgan fingerprint density at radius 3 is 2.55 bits per heavy atom. The van der Waals surface area contributed by atoms with Crippen LogP contribution in [0, 0.1) is 0 Å². The van der Waals surface area contributed by atoms with Crippen molar-refractivity contribution < 1.29 is 0 Å². The number of para-hydroxylation sites is 1. The topological polar surface area (TPSA) is 29.3 Å². The largest absolute Gasteiger partial charge is 0.354 e. The van der Waals surface area contributed by atoms with Crippen LogP contribution in [0.2, 0.25) is 0 Å². The van der Waals surface area contributed by atoms with Gasteiger partial charge in [-0.1, -0.05) is 48.5 Å². The molecule has 1 aromatic heterocycles. The van der Waals surface area contributed by atoms with Crippen molar-refractivity contribution in [3.63, 3.8) is 0 Å². The predicted molar refractivity (Wildman–Crippen MR) is 83.1 cm³/mol. The van der Waals surface area contributed by atoms with Gasteiger partial charge in [0.2, 0.25) is 5.96 Å². The van der Waals surface area contributed by atoms with Gasteiger partial charge in [0.1, 0.15) is 0 Å². The number of benzene rings is 2. The molecule has 0 spiro atoms. The molecular weight excluding hydrogens is 246 g/mol. The van der Waals surface area contributed by atoms with Crippen molar-refractivity contribution in [1.29, 1.82) is 0 Å². The van der Waals surface area contributed by atoms with Gasteiger partial charge in [-0.3, -0.25) is 9.56 Å². The van der Waals surface area contributed by atoms with Crippen LogP contribution in [-0.4, -0.2) is 23.6 Å². The molecule has 0 unspecified atom stereocenters. The van der Waals surface area contributed by atoms with Gasteiger partial charge < -0.3 is 5.32 Å². The Labute approximate surface area is 117 Å². The summed E-state index contributed by atoms with van der Waals surface area (Å²) in [7, 11) is 0. The van der Waals surface area contributed by atoms with E-state index in [0.717, 1.165) is 19.0 Å². The first-order valence-corrected chi connectivity index (χ1v) is 6.88. The number of hydrogen-bond donors (Lipinski definition) is 1. The van der Waals surface area contributed by atoms with Crippen LogP contribution in [0.5, 0.6) is 0 Å². The number of aromatic nitrogens is 1.